The van der Waals surface area contributed by atoms with E-state index in [0.29, 0.717) is 0 Å². The molecule has 2 aromatic rings. The van der Waals surface area contributed by atoms with Gasteiger partial charge in [0.15, 0.2) is 0 Å². The van der Waals surface area contributed by atoms with Gasteiger partial charge in [-0.15, -0.1) is 0 Å². The molecule has 0 spiro atoms. The van der Waals surface area contributed by atoms with Gasteiger partial charge in [0.05, 0.1) is 0 Å². The third kappa shape index (κ3) is 17.0. The molecule has 0 bridgehead atoms. The Bertz CT molecular complexity index is 539. The Kier molecular flexibility index (Phi) is 17.5. The topological polar surface area (TPSA) is 106 Å². The van der Waals surface area contributed by atoms with Gasteiger partial charge in [-0.1, -0.05) is 41.5 Å². The minimum Gasteiger partial charge on any atom is -0.554 e. The van der Waals surface area contributed by atoms with E-state index in [1.54, 1.807) is 0 Å². The molecule has 0 atom stereocenters. The predicted molar refractivity (Wildman–Crippen MR) is 98.0 cm³/mol. The first kappa shape index (κ1) is 29.5. The fourth-order valence-electron chi connectivity index (χ4n) is 1.70. The monoisotopic (exact) mass is 423 g/mol. The molecular formula is C20H28CuN2O4. The van der Waals surface area contributed by atoms with Crippen LogP contribution in [0, 0.1) is 0 Å². The van der Waals surface area contributed by atoms with Crippen LogP contribution in [0.1, 0.15) is 52.7 Å². The van der Waals surface area contributed by atoms with Crippen molar-refractivity contribution in [2.45, 2.75) is 52.4 Å². The first-order valence-corrected chi connectivity index (χ1v) is 7.96. The van der Waals surface area contributed by atoms with Crippen molar-refractivity contribution >= 4 is 12.9 Å². The summed E-state index contributed by atoms with van der Waals surface area (Å²) >= 11 is 0. The maximum Gasteiger partial charge on any atom is 2.00 e. The van der Waals surface area contributed by atoms with E-state index >= 15 is 0 Å². The summed E-state index contributed by atoms with van der Waals surface area (Å²) in [5, 5.41) is 16.5. The number of hydrogen-bond acceptors (Lipinski definition) is 6. The number of aromatic nitrogens is 2. The van der Waals surface area contributed by atoms with Crippen molar-refractivity contribution in [2.75, 3.05) is 0 Å². The Balaban J connectivity index is -0.000000322. The maximum absolute atomic E-state index is 8.25. The van der Waals surface area contributed by atoms with Gasteiger partial charge >= 0.3 is 17.1 Å². The molecule has 27 heavy (non-hydrogen) atoms. The fraction of sp³-hybridized carbons (Fsp3) is 0.400. The summed E-state index contributed by atoms with van der Waals surface area (Å²) in [5.74, 6) is 0. The number of hydrogen-bond donors (Lipinski definition) is 0. The molecule has 0 saturated heterocycles. The van der Waals surface area contributed by atoms with Crippen molar-refractivity contribution in [3.63, 3.8) is 0 Å². The minimum atomic E-state index is -0.500. The van der Waals surface area contributed by atoms with Crippen LogP contribution in [0.3, 0.4) is 0 Å². The summed E-state index contributed by atoms with van der Waals surface area (Å²) in [6.45, 7) is 12.2. The minimum absolute atomic E-state index is 0. The van der Waals surface area contributed by atoms with Crippen LogP contribution in [0.5, 0.6) is 0 Å². The Morgan fingerprint density at radius 1 is 0.667 bits per heavy atom. The summed E-state index contributed by atoms with van der Waals surface area (Å²) in [6, 6.07) is 8.22. The quantitative estimate of drug-likeness (QED) is 0.469. The third-order valence-electron chi connectivity index (χ3n) is 3.09. The second kappa shape index (κ2) is 16.0. The zero-order chi connectivity index (χ0) is 20.6. The van der Waals surface area contributed by atoms with Gasteiger partial charge in [0.2, 0.25) is 0 Å². The van der Waals surface area contributed by atoms with Gasteiger partial charge in [-0.25, -0.2) is 0 Å². The zero-order valence-corrected chi connectivity index (χ0v) is 17.5. The van der Waals surface area contributed by atoms with Gasteiger partial charge in [-0.05, 0) is 46.2 Å². The van der Waals surface area contributed by atoms with Crippen molar-refractivity contribution in [3.05, 3.63) is 60.2 Å². The molecule has 2 aromatic heterocycles. The van der Waals surface area contributed by atoms with Crippen LogP contribution < -0.4 is 10.2 Å². The molecule has 1 radical (unpaired) electrons. The molecule has 2 heterocycles. The second-order valence-electron chi connectivity index (χ2n) is 7.16. The standard InChI is InChI=1S/2C9H13N.2CH2O2.Cu/c2*1-9(2,3)8-4-6-10-7-5-8;2*2-1-3;/h2*4-7H,1-3H3;2*1H,(H,2,3);/q;;;;+2/p-2. The smallest absolute Gasteiger partial charge is 0.554 e. The van der Waals surface area contributed by atoms with Gasteiger partial charge < -0.3 is 19.8 Å². The van der Waals surface area contributed by atoms with Crippen molar-refractivity contribution in [2.24, 2.45) is 0 Å². The first-order chi connectivity index (χ1) is 12.0. The molecule has 0 fully saturated rings. The summed E-state index contributed by atoms with van der Waals surface area (Å²) in [5.41, 5.74) is 3.18. The van der Waals surface area contributed by atoms with Gasteiger partial charge in [-0.2, -0.15) is 0 Å². The Morgan fingerprint density at radius 2 is 0.852 bits per heavy atom. The van der Waals surface area contributed by atoms with Crippen LogP contribution in [-0.4, -0.2) is 22.9 Å². The van der Waals surface area contributed by atoms with Crippen LogP contribution in [0.4, 0.5) is 0 Å². The van der Waals surface area contributed by atoms with E-state index in [-0.39, 0.29) is 27.9 Å². The number of pyridine rings is 2. The van der Waals surface area contributed by atoms with E-state index in [2.05, 4.69) is 75.8 Å². The molecule has 0 aliphatic rings. The van der Waals surface area contributed by atoms with E-state index in [4.69, 9.17) is 19.8 Å². The van der Waals surface area contributed by atoms with E-state index in [0.717, 1.165) is 0 Å². The molecule has 0 amide bonds. The molecule has 0 saturated carbocycles. The van der Waals surface area contributed by atoms with Crippen molar-refractivity contribution in [3.8, 4) is 0 Å². The normalized spacial score (nSPS) is 9.41. The Hall–Kier alpha value is -2.24. The van der Waals surface area contributed by atoms with E-state index < -0.39 is 12.9 Å². The number of nitrogens with zero attached hydrogens (tertiary/aromatic N) is 2. The van der Waals surface area contributed by atoms with Gasteiger partial charge in [0.1, 0.15) is 0 Å². The summed E-state index contributed by atoms with van der Waals surface area (Å²) in [6.07, 6.45) is 7.34. The number of carboxylic acid groups (broad SMARTS) is 2. The fourth-order valence-corrected chi connectivity index (χ4v) is 1.70. The second-order valence-corrected chi connectivity index (χ2v) is 7.16. The molecule has 0 aliphatic carbocycles. The molecule has 6 nitrogen and oxygen atoms in total. The largest absolute Gasteiger partial charge is 2.00 e. The molecular weight excluding hydrogens is 396 g/mol. The molecule has 7 heteroatoms. The average Bonchev–Trinajstić information content (AvgIpc) is 2.57. The zero-order valence-electron chi connectivity index (χ0n) is 16.6. The molecule has 153 valence electrons. The van der Waals surface area contributed by atoms with Crippen LogP contribution in [0.25, 0.3) is 0 Å². The first-order valence-electron chi connectivity index (χ1n) is 7.96. The Morgan fingerprint density at radius 3 is 0.963 bits per heavy atom. The van der Waals surface area contributed by atoms with Gasteiger partial charge in [0.25, 0.3) is 0 Å². The van der Waals surface area contributed by atoms with Crippen LogP contribution >= 0.6 is 0 Å². The van der Waals surface area contributed by atoms with Gasteiger partial charge in [0, 0.05) is 37.7 Å². The summed E-state index contributed by atoms with van der Waals surface area (Å²) in [7, 11) is 0. The molecule has 0 aromatic carbocycles. The molecule has 2 rings (SSSR count). The number of carbonyl (C=O) groups is 2. The van der Waals surface area contributed by atoms with Crippen molar-refractivity contribution < 1.29 is 36.9 Å². The van der Waals surface area contributed by atoms with Crippen LogP contribution in [-0.2, 0) is 37.5 Å². The van der Waals surface area contributed by atoms with Gasteiger partial charge in [-0.3, -0.25) is 9.97 Å². The summed E-state index contributed by atoms with van der Waals surface area (Å²) < 4.78 is 0. The number of carbonyl (C=O) groups excluding carboxylic acids is 2. The van der Waals surface area contributed by atoms with E-state index in [1.807, 2.05) is 24.8 Å². The Labute approximate surface area is 172 Å². The SMILES string of the molecule is CC(C)(C)c1ccncc1.CC(C)(C)c1ccncc1.O=C[O-].O=C[O-].[Cu+2]. The van der Waals surface area contributed by atoms with Crippen LogP contribution in [0.15, 0.2) is 49.1 Å². The van der Waals surface area contributed by atoms with Crippen molar-refractivity contribution in [1.82, 2.24) is 9.97 Å². The third-order valence-corrected chi connectivity index (χ3v) is 3.09. The van der Waals surface area contributed by atoms with Crippen LogP contribution in [0.2, 0.25) is 0 Å². The predicted octanol–water partition coefficient (Wildman–Crippen LogP) is 1.49. The molecule has 0 N–H and O–H groups in total. The van der Waals surface area contributed by atoms with Crippen molar-refractivity contribution in [1.29, 1.82) is 0 Å². The van der Waals surface area contributed by atoms with E-state index in [9.17, 15) is 0 Å². The van der Waals surface area contributed by atoms with E-state index in [1.165, 1.54) is 11.1 Å². The number of rotatable bonds is 0. The molecule has 0 unspecified atom stereocenters. The average molecular weight is 424 g/mol. The molecule has 0 aliphatic heterocycles. The summed E-state index contributed by atoms with van der Waals surface area (Å²) in [4.78, 5) is 24.4. The maximum atomic E-state index is 8.25.